The third kappa shape index (κ3) is 4.28. The Kier molecular flexibility index (Phi) is 5.86. The number of aromatic nitrogens is 3. The third-order valence-electron chi connectivity index (χ3n) is 5.61. The van der Waals surface area contributed by atoms with Crippen LogP contribution in [0.5, 0.6) is 0 Å². The average molecular weight is 342 g/mol. The standard InChI is InChI=1S/C20H31N5/c1-24(2)20(10-6-4-5-7-11-20)16-22-14-18-15-25(3)23-19(18)17-8-12-21-13-9-17/h8-9,12-13,15,22H,4-7,10-11,14,16H2,1-3H3. The van der Waals surface area contributed by atoms with Gasteiger partial charge >= 0.3 is 0 Å². The van der Waals surface area contributed by atoms with Gasteiger partial charge < -0.3 is 10.2 Å². The summed E-state index contributed by atoms with van der Waals surface area (Å²) in [5.74, 6) is 0. The minimum absolute atomic E-state index is 0.287. The van der Waals surface area contributed by atoms with E-state index in [1.54, 1.807) is 0 Å². The van der Waals surface area contributed by atoms with Gasteiger partial charge in [-0.2, -0.15) is 5.10 Å². The first-order valence-corrected chi connectivity index (χ1v) is 9.42. The van der Waals surface area contributed by atoms with Crippen molar-refractivity contribution in [1.29, 1.82) is 0 Å². The molecule has 1 saturated carbocycles. The summed E-state index contributed by atoms with van der Waals surface area (Å²) in [6, 6.07) is 4.05. The molecule has 0 radical (unpaired) electrons. The van der Waals surface area contributed by atoms with Crippen molar-refractivity contribution in [3.63, 3.8) is 0 Å². The van der Waals surface area contributed by atoms with Gasteiger partial charge in [0.2, 0.25) is 0 Å². The Morgan fingerprint density at radius 3 is 2.44 bits per heavy atom. The van der Waals surface area contributed by atoms with Crippen molar-refractivity contribution < 1.29 is 0 Å². The molecule has 3 rings (SSSR count). The maximum Gasteiger partial charge on any atom is 0.0969 e. The van der Waals surface area contributed by atoms with Gasteiger partial charge in [0.25, 0.3) is 0 Å². The van der Waals surface area contributed by atoms with E-state index in [1.807, 2.05) is 36.3 Å². The van der Waals surface area contributed by atoms with Crippen LogP contribution in [0.15, 0.2) is 30.7 Å². The minimum Gasteiger partial charge on any atom is -0.311 e. The molecule has 5 heteroatoms. The van der Waals surface area contributed by atoms with Crippen molar-refractivity contribution in [3.8, 4) is 11.3 Å². The van der Waals surface area contributed by atoms with E-state index in [0.717, 1.165) is 24.3 Å². The lowest BCUT2D eigenvalue weighted by Crippen LogP contribution is -2.51. The number of rotatable bonds is 6. The van der Waals surface area contributed by atoms with Crippen LogP contribution in [-0.4, -0.2) is 45.8 Å². The van der Waals surface area contributed by atoms with E-state index >= 15 is 0 Å². The fourth-order valence-electron chi connectivity index (χ4n) is 4.02. The molecule has 0 spiro atoms. The summed E-state index contributed by atoms with van der Waals surface area (Å²) in [5.41, 5.74) is 3.72. The van der Waals surface area contributed by atoms with E-state index in [-0.39, 0.29) is 5.54 Å². The van der Waals surface area contributed by atoms with Crippen molar-refractivity contribution in [1.82, 2.24) is 25.0 Å². The number of hydrogen-bond donors (Lipinski definition) is 1. The highest BCUT2D eigenvalue weighted by atomic mass is 15.3. The van der Waals surface area contributed by atoms with E-state index in [0.29, 0.717) is 0 Å². The molecule has 0 aliphatic heterocycles. The van der Waals surface area contributed by atoms with Gasteiger partial charge in [-0.3, -0.25) is 9.67 Å². The Hall–Kier alpha value is -1.72. The van der Waals surface area contributed by atoms with Gasteiger partial charge in [0, 0.05) is 55.4 Å². The lowest BCUT2D eigenvalue weighted by atomic mass is 9.88. The minimum atomic E-state index is 0.287. The number of likely N-dealkylation sites (N-methyl/N-ethyl adjacent to an activating group) is 1. The largest absolute Gasteiger partial charge is 0.311 e. The summed E-state index contributed by atoms with van der Waals surface area (Å²) >= 11 is 0. The summed E-state index contributed by atoms with van der Waals surface area (Å²) in [6.45, 7) is 1.88. The Labute approximate surface area is 151 Å². The molecule has 0 atom stereocenters. The summed E-state index contributed by atoms with van der Waals surface area (Å²) < 4.78 is 1.90. The average Bonchev–Trinajstić information content (AvgIpc) is 2.82. The molecule has 0 saturated heterocycles. The molecule has 2 aromatic rings. The molecular weight excluding hydrogens is 310 g/mol. The first kappa shape index (κ1) is 18.1. The van der Waals surface area contributed by atoms with Crippen molar-refractivity contribution in [3.05, 3.63) is 36.3 Å². The van der Waals surface area contributed by atoms with Crippen LogP contribution in [-0.2, 0) is 13.6 Å². The zero-order valence-corrected chi connectivity index (χ0v) is 15.8. The summed E-state index contributed by atoms with van der Waals surface area (Å²) in [4.78, 5) is 6.56. The molecule has 5 nitrogen and oxygen atoms in total. The number of pyridine rings is 1. The number of aryl methyl sites for hydroxylation is 1. The van der Waals surface area contributed by atoms with Crippen molar-refractivity contribution in [2.75, 3.05) is 20.6 Å². The topological polar surface area (TPSA) is 46.0 Å². The van der Waals surface area contributed by atoms with Gasteiger partial charge in [0.15, 0.2) is 0 Å². The summed E-state index contributed by atoms with van der Waals surface area (Å²) in [7, 11) is 6.46. The highest BCUT2D eigenvalue weighted by Crippen LogP contribution is 2.31. The highest BCUT2D eigenvalue weighted by molar-refractivity contribution is 5.61. The molecule has 0 bridgehead atoms. The normalized spacial score (nSPS) is 17.6. The Bertz CT molecular complexity index is 654. The van der Waals surface area contributed by atoms with E-state index in [1.165, 1.54) is 44.1 Å². The van der Waals surface area contributed by atoms with Gasteiger partial charge in [-0.15, -0.1) is 0 Å². The number of nitrogens with one attached hydrogen (secondary N) is 1. The van der Waals surface area contributed by atoms with Gasteiger partial charge in [0.1, 0.15) is 0 Å². The predicted molar refractivity (Wildman–Crippen MR) is 102 cm³/mol. The van der Waals surface area contributed by atoms with Crippen molar-refractivity contribution in [2.45, 2.75) is 50.6 Å². The smallest absolute Gasteiger partial charge is 0.0969 e. The molecule has 1 aliphatic rings. The SMILES string of the molecule is CN(C)C1(CNCc2cn(C)nc2-c2ccncc2)CCCCCC1. The van der Waals surface area contributed by atoms with E-state index < -0.39 is 0 Å². The van der Waals surface area contributed by atoms with Crippen LogP contribution in [0.4, 0.5) is 0 Å². The van der Waals surface area contributed by atoms with Gasteiger partial charge in [-0.25, -0.2) is 0 Å². The molecular formula is C20H31N5. The quantitative estimate of drug-likeness (QED) is 0.820. The van der Waals surface area contributed by atoms with E-state index in [4.69, 9.17) is 0 Å². The van der Waals surface area contributed by atoms with Crippen molar-refractivity contribution >= 4 is 0 Å². The Morgan fingerprint density at radius 2 is 1.80 bits per heavy atom. The Balaban J connectivity index is 1.69. The second kappa shape index (κ2) is 8.11. The van der Waals surface area contributed by atoms with Crippen molar-refractivity contribution in [2.24, 2.45) is 7.05 Å². The molecule has 0 unspecified atom stereocenters. The molecule has 0 amide bonds. The molecule has 2 heterocycles. The van der Waals surface area contributed by atoms with Crippen LogP contribution in [0.1, 0.15) is 44.1 Å². The second-order valence-electron chi connectivity index (χ2n) is 7.55. The zero-order chi connectivity index (χ0) is 17.7. The van der Waals surface area contributed by atoms with Crippen LogP contribution in [0.2, 0.25) is 0 Å². The maximum absolute atomic E-state index is 4.65. The van der Waals surface area contributed by atoms with Crippen LogP contribution >= 0.6 is 0 Å². The molecule has 1 aliphatic carbocycles. The van der Waals surface area contributed by atoms with Crippen LogP contribution in [0.25, 0.3) is 11.3 Å². The van der Waals surface area contributed by atoms with Crippen LogP contribution in [0.3, 0.4) is 0 Å². The number of nitrogens with zero attached hydrogens (tertiary/aromatic N) is 4. The van der Waals surface area contributed by atoms with Crippen LogP contribution < -0.4 is 5.32 Å². The third-order valence-corrected chi connectivity index (χ3v) is 5.61. The lowest BCUT2D eigenvalue weighted by molar-refractivity contribution is 0.126. The fourth-order valence-corrected chi connectivity index (χ4v) is 4.02. The van der Waals surface area contributed by atoms with E-state index in [2.05, 4.69) is 40.6 Å². The maximum atomic E-state index is 4.65. The molecule has 2 aromatic heterocycles. The second-order valence-corrected chi connectivity index (χ2v) is 7.55. The van der Waals surface area contributed by atoms with Crippen LogP contribution in [0, 0.1) is 0 Å². The molecule has 0 aromatic carbocycles. The first-order valence-electron chi connectivity index (χ1n) is 9.42. The Morgan fingerprint density at radius 1 is 1.12 bits per heavy atom. The molecule has 1 N–H and O–H groups in total. The fraction of sp³-hybridized carbons (Fsp3) is 0.600. The highest BCUT2D eigenvalue weighted by Gasteiger charge is 2.32. The first-order chi connectivity index (χ1) is 12.1. The molecule has 1 fully saturated rings. The number of hydrogen-bond acceptors (Lipinski definition) is 4. The monoisotopic (exact) mass is 341 g/mol. The van der Waals surface area contributed by atoms with Gasteiger partial charge in [0.05, 0.1) is 5.69 Å². The van der Waals surface area contributed by atoms with Gasteiger partial charge in [-0.1, -0.05) is 25.7 Å². The van der Waals surface area contributed by atoms with E-state index in [9.17, 15) is 0 Å². The summed E-state index contributed by atoms with van der Waals surface area (Å²) in [5, 5.41) is 8.39. The molecule has 136 valence electrons. The van der Waals surface area contributed by atoms with Gasteiger partial charge in [-0.05, 0) is 39.1 Å². The summed E-state index contributed by atoms with van der Waals surface area (Å²) in [6.07, 6.45) is 13.8. The molecule has 25 heavy (non-hydrogen) atoms. The lowest BCUT2D eigenvalue weighted by Gasteiger charge is -2.40. The predicted octanol–water partition coefficient (Wildman–Crippen LogP) is 3.23. The zero-order valence-electron chi connectivity index (χ0n) is 15.8.